The zero-order chi connectivity index (χ0) is 23.1. The van der Waals surface area contributed by atoms with Gasteiger partial charge in [-0.15, -0.1) is 0 Å². The van der Waals surface area contributed by atoms with Gasteiger partial charge in [0.15, 0.2) is 11.6 Å². The maximum absolute atomic E-state index is 14.1. The zero-order valence-corrected chi connectivity index (χ0v) is 18.8. The minimum atomic E-state index is -0.962. The Bertz CT molecular complexity index is 716. The summed E-state index contributed by atoms with van der Waals surface area (Å²) in [4.78, 5) is 24.3. The Hall–Kier alpha value is -2.38. The Labute approximate surface area is 177 Å². The van der Waals surface area contributed by atoms with Crippen molar-refractivity contribution in [1.29, 1.82) is 0 Å². The number of esters is 1. The van der Waals surface area contributed by atoms with Crippen molar-refractivity contribution >= 4 is 12.1 Å². The molecule has 3 atom stereocenters. The summed E-state index contributed by atoms with van der Waals surface area (Å²) >= 11 is 0. The van der Waals surface area contributed by atoms with Gasteiger partial charge >= 0.3 is 12.1 Å². The maximum atomic E-state index is 14.1. The molecule has 0 aliphatic heterocycles. The van der Waals surface area contributed by atoms with E-state index in [1.165, 1.54) is 6.92 Å². The summed E-state index contributed by atoms with van der Waals surface area (Å²) in [6, 6.07) is 1.99. The summed E-state index contributed by atoms with van der Waals surface area (Å²) in [7, 11) is 0. The summed E-state index contributed by atoms with van der Waals surface area (Å²) in [5, 5.41) is 2.42. The van der Waals surface area contributed by atoms with Crippen LogP contribution in [0.5, 0.6) is 5.75 Å². The van der Waals surface area contributed by atoms with Crippen LogP contribution in [0.4, 0.5) is 13.6 Å². The molecule has 0 aromatic heterocycles. The number of rotatable bonds is 9. The van der Waals surface area contributed by atoms with Crippen LogP contribution in [0, 0.1) is 17.6 Å². The van der Waals surface area contributed by atoms with Crippen LogP contribution < -0.4 is 10.1 Å². The fraction of sp³-hybridized carbons (Fsp3) is 0.636. The van der Waals surface area contributed by atoms with Crippen molar-refractivity contribution in [2.24, 2.45) is 5.92 Å². The summed E-state index contributed by atoms with van der Waals surface area (Å²) < 4.78 is 44.0. The van der Waals surface area contributed by atoms with Crippen LogP contribution in [0.25, 0.3) is 0 Å². The number of benzene rings is 1. The van der Waals surface area contributed by atoms with Gasteiger partial charge in [-0.3, -0.25) is 0 Å². The molecule has 0 aliphatic rings. The average molecular weight is 430 g/mol. The molecule has 0 aliphatic carbocycles. The normalized spacial score (nSPS) is 14.6. The number of carbonyl (C=O) groups is 2. The first-order chi connectivity index (χ1) is 13.9. The van der Waals surface area contributed by atoms with Gasteiger partial charge in [-0.2, -0.15) is 0 Å². The highest BCUT2D eigenvalue weighted by Gasteiger charge is 2.32. The molecule has 30 heavy (non-hydrogen) atoms. The highest BCUT2D eigenvalue weighted by Crippen LogP contribution is 2.27. The van der Waals surface area contributed by atoms with Gasteiger partial charge in [0.2, 0.25) is 0 Å². The van der Waals surface area contributed by atoms with Crippen LogP contribution in [0.1, 0.15) is 61.3 Å². The first kappa shape index (κ1) is 25.7. The lowest BCUT2D eigenvalue weighted by Gasteiger charge is -2.31. The van der Waals surface area contributed by atoms with Gasteiger partial charge in [-0.25, -0.2) is 18.4 Å². The van der Waals surface area contributed by atoms with Crippen molar-refractivity contribution in [1.82, 2.24) is 5.32 Å². The molecule has 0 spiro atoms. The predicted molar refractivity (Wildman–Crippen MR) is 109 cm³/mol. The van der Waals surface area contributed by atoms with Crippen LogP contribution in [0.2, 0.25) is 0 Å². The van der Waals surface area contributed by atoms with Crippen LogP contribution in [-0.2, 0) is 14.3 Å². The topological polar surface area (TPSA) is 73.9 Å². The first-order valence-corrected chi connectivity index (χ1v) is 10.2. The van der Waals surface area contributed by atoms with Gasteiger partial charge in [-0.05, 0) is 65.5 Å². The quantitative estimate of drug-likeness (QED) is 0.560. The van der Waals surface area contributed by atoms with E-state index < -0.39 is 47.5 Å². The van der Waals surface area contributed by atoms with E-state index >= 15 is 0 Å². The van der Waals surface area contributed by atoms with Crippen LogP contribution in [0.3, 0.4) is 0 Å². The lowest BCUT2D eigenvalue weighted by Crippen LogP contribution is -2.46. The Balaban J connectivity index is 2.88. The average Bonchev–Trinajstić information content (AvgIpc) is 2.62. The number of hydrogen-bond donors (Lipinski definition) is 1. The van der Waals surface area contributed by atoms with E-state index in [2.05, 4.69) is 5.32 Å². The van der Waals surface area contributed by atoms with Crippen LogP contribution in [-0.4, -0.2) is 35.9 Å². The molecule has 1 amide bonds. The van der Waals surface area contributed by atoms with E-state index in [9.17, 15) is 18.4 Å². The molecule has 170 valence electrons. The van der Waals surface area contributed by atoms with Crippen molar-refractivity contribution in [2.75, 3.05) is 0 Å². The van der Waals surface area contributed by atoms with Gasteiger partial charge in [0.1, 0.15) is 29.7 Å². The molecule has 8 heteroatoms. The van der Waals surface area contributed by atoms with Gasteiger partial charge in [-0.1, -0.05) is 13.8 Å². The molecular weight excluding hydrogens is 396 g/mol. The highest BCUT2D eigenvalue weighted by atomic mass is 19.1. The van der Waals surface area contributed by atoms with Gasteiger partial charge < -0.3 is 19.5 Å². The zero-order valence-electron chi connectivity index (χ0n) is 18.8. The largest absolute Gasteiger partial charge is 0.483 e. The molecule has 0 bridgehead atoms. The molecule has 0 saturated carbocycles. The number of halogens is 2. The summed E-state index contributed by atoms with van der Waals surface area (Å²) in [6.07, 6.45) is -0.839. The van der Waals surface area contributed by atoms with Crippen molar-refractivity contribution < 1.29 is 32.6 Å². The third-order valence-electron chi connectivity index (χ3n) is 4.52. The van der Waals surface area contributed by atoms with Crippen LogP contribution in [0.15, 0.2) is 18.2 Å². The molecule has 1 rings (SSSR count). The summed E-state index contributed by atoms with van der Waals surface area (Å²) in [6.45, 7) is 12.1. The summed E-state index contributed by atoms with van der Waals surface area (Å²) in [5.74, 6) is -2.33. The molecule has 6 nitrogen and oxygen atoms in total. The van der Waals surface area contributed by atoms with Crippen molar-refractivity contribution in [3.63, 3.8) is 0 Å². The molecular formula is C22H33F2NO5. The second-order valence-electron chi connectivity index (χ2n) is 8.24. The Kier molecular flexibility index (Phi) is 9.52. The maximum Gasteiger partial charge on any atom is 0.408 e. The molecule has 0 saturated heterocycles. The third kappa shape index (κ3) is 8.16. The van der Waals surface area contributed by atoms with E-state index in [1.807, 2.05) is 13.8 Å². The van der Waals surface area contributed by atoms with E-state index in [0.717, 1.165) is 18.2 Å². The number of ether oxygens (including phenoxy) is 3. The molecule has 1 N–H and O–H groups in total. The van der Waals surface area contributed by atoms with E-state index in [1.54, 1.807) is 27.7 Å². The fourth-order valence-electron chi connectivity index (χ4n) is 2.94. The first-order valence-electron chi connectivity index (χ1n) is 10.2. The number of alkyl carbamates (subject to hydrolysis) is 1. The van der Waals surface area contributed by atoms with E-state index in [0.29, 0.717) is 12.8 Å². The molecule has 0 unspecified atom stereocenters. The predicted octanol–water partition coefficient (Wildman–Crippen LogP) is 4.99. The second kappa shape index (κ2) is 11.1. The Morgan fingerprint density at radius 1 is 1.10 bits per heavy atom. The highest BCUT2D eigenvalue weighted by molar-refractivity contribution is 5.81. The Morgan fingerprint density at radius 2 is 1.70 bits per heavy atom. The van der Waals surface area contributed by atoms with Crippen molar-refractivity contribution in [3.8, 4) is 5.75 Å². The molecule has 0 heterocycles. The monoisotopic (exact) mass is 429 g/mol. The number of hydrogen-bond acceptors (Lipinski definition) is 5. The standard InChI is InChI=1S/C22H33F2NO5/c1-8-15(9-2)19(29-18-12-16(23)10-11-17(18)24)14(4)28-20(26)13(3)25-21(27)30-22(5,6)7/h10-15,19H,8-9H2,1-7H3,(H,25,27)/t13-,14-,19-/m0/s1. The van der Waals surface area contributed by atoms with Crippen LogP contribution >= 0.6 is 0 Å². The molecule has 1 aromatic rings. The van der Waals surface area contributed by atoms with Gasteiger partial charge in [0.05, 0.1) is 0 Å². The fourth-order valence-corrected chi connectivity index (χ4v) is 2.94. The molecule has 0 fully saturated rings. The lowest BCUT2D eigenvalue weighted by molar-refractivity contribution is -0.156. The molecule has 1 aromatic carbocycles. The summed E-state index contributed by atoms with van der Waals surface area (Å²) in [5.41, 5.74) is -0.704. The minimum Gasteiger partial charge on any atom is -0.483 e. The Morgan fingerprint density at radius 3 is 2.23 bits per heavy atom. The van der Waals surface area contributed by atoms with Crippen molar-refractivity contribution in [3.05, 3.63) is 29.8 Å². The second-order valence-corrected chi connectivity index (χ2v) is 8.24. The minimum absolute atomic E-state index is 0.0652. The number of amides is 1. The van der Waals surface area contributed by atoms with Gasteiger partial charge in [0, 0.05) is 6.07 Å². The molecule has 0 radical (unpaired) electrons. The number of nitrogens with one attached hydrogen (secondary N) is 1. The third-order valence-corrected chi connectivity index (χ3v) is 4.52. The van der Waals surface area contributed by atoms with Crippen molar-refractivity contribution in [2.45, 2.75) is 85.2 Å². The van der Waals surface area contributed by atoms with E-state index in [4.69, 9.17) is 14.2 Å². The smallest absolute Gasteiger partial charge is 0.408 e. The van der Waals surface area contributed by atoms with Gasteiger partial charge in [0.25, 0.3) is 0 Å². The lowest BCUT2D eigenvalue weighted by atomic mass is 9.93. The SMILES string of the molecule is CCC(CC)[C@@H](Oc1cc(F)ccc1F)[C@H](C)OC(=O)[C@H](C)NC(=O)OC(C)(C)C. The van der Waals surface area contributed by atoms with E-state index in [-0.39, 0.29) is 11.7 Å². The number of carbonyl (C=O) groups excluding carboxylic acids is 2.